The molecule has 2 aromatic carbocycles. The van der Waals surface area contributed by atoms with E-state index in [1.165, 1.54) is 17.0 Å². The van der Waals surface area contributed by atoms with E-state index in [1.54, 1.807) is 30.0 Å². The molecule has 9 heteroatoms. The highest BCUT2D eigenvalue weighted by molar-refractivity contribution is 5.94. The molecule has 0 radical (unpaired) electrons. The average Bonchev–Trinajstić information content (AvgIpc) is 3.26. The molecule has 34 heavy (non-hydrogen) atoms. The number of urea groups is 1. The molecular weight excluding hydrogens is 437 g/mol. The van der Waals surface area contributed by atoms with Crippen molar-refractivity contribution in [2.75, 3.05) is 38.7 Å². The summed E-state index contributed by atoms with van der Waals surface area (Å²) in [4.78, 5) is 26.9. The predicted molar refractivity (Wildman–Crippen MR) is 129 cm³/mol. The number of aromatic nitrogens is 2. The fourth-order valence-electron chi connectivity index (χ4n) is 3.29. The van der Waals surface area contributed by atoms with Gasteiger partial charge in [0, 0.05) is 31.8 Å². The first-order valence-electron chi connectivity index (χ1n) is 11.2. The lowest BCUT2D eigenvalue weighted by atomic mass is 10.1. The Labute approximate surface area is 198 Å². The minimum absolute atomic E-state index is 0.156. The highest BCUT2D eigenvalue weighted by Gasteiger charge is 2.19. The molecule has 0 aliphatic heterocycles. The molecule has 2 N–H and O–H groups in total. The second-order valence-electron chi connectivity index (χ2n) is 7.72. The summed E-state index contributed by atoms with van der Waals surface area (Å²) in [7, 11) is 1.54. The molecule has 8 nitrogen and oxygen atoms in total. The summed E-state index contributed by atoms with van der Waals surface area (Å²) in [5, 5.41) is 10.3. The summed E-state index contributed by atoms with van der Waals surface area (Å²) >= 11 is 0. The van der Waals surface area contributed by atoms with Crippen LogP contribution in [0.15, 0.2) is 60.7 Å². The molecule has 0 bridgehead atoms. The SMILES string of the molecule is CCCCNC(=O)N(CCOC)CC(=O)Nc1cc(-c2ccccc2)nn1-c1ccc(F)cc1. The number of methoxy groups -OCH3 is 1. The number of nitrogens with zero attached hydrogens (tertiary/aromatic N) is 3. The smallest absolute Gasteiger partial charge is 0.317 e. The Morgan fingerprint density at radius 2 is 1.85 bits per heavy atom. The highest BCUT2D eigenvalue weighted by atomic mass is 19.1. The number of hydrogen-bond acceptors (Lipinski definition) is 4. The monoisotopic (exact) mass is 467 g/mol. The van der Waals surface area contributed by atoms with E-state index in [0.29, 0.717) is 30.4 Å². The van der Waals surface area contributed by atoms with Gasteiger partial charge in [0.2, 0.25) is 5.91 Å². The third kappa shape index (κ3) is 6.89. The van der Waals surface area contributed by atoms with Crippen molar-refractivity contribution in [1.82, 2.24) is 20.0 Å². The molecule has 1 heterocycles. The third-order valence-electron chi connectivity index (χ3n) is 5.11. The van der Waals surface area contributed by atoms with Crippen molar-refractivity contribution in [3.63, 3.8) is 0 Å². The molecule has 0 unspecified atom stereocenters. The maximum atomic E-state index is 13.5. The number of amides is 3. The van der Waals surface area contributed by atoms with Crippen molar-refractivity contribution in [2.45, 2.75) is 19.8 Å². The minimum Gasteiger partial charge on any atom is -0.383 e. The van der Waals surface area contributed by atoms with Crippen molar-refractivity contribution >= 4 is 17.8 Å². The Hall–Kier alpha value is -3.72. The fraction of sp³-hybridized carbons (Fsp3) is 0.320. The molecule has 0 aliphatic carbocycles. The van der Waals surface area contributed by atoms with Crippen LogP contribution in [0.4, 0.5) is 15.0 Å². The van der Waals surface area contributed by atoms with Crippen LogP contribution in [0.5, 0.6) is 0 Å². The van der Waals surface area contributed by atoms with Gasteiger partial charge < -0.3 is 20.3 Å². The van der Waals surface area contributed by atoms with E-state index in [4.69, 9.17) is 4.74 Å². The molecule has 1 aromatic heterocycles. The molecule has 0 fully saturated rings. The van der Waals surface area contributed by atoms with Crippen LogP contribution in [0.2, 0.25) is 0 Å². The van der Waals surface area contributed by atoms with Gasteiger partial charge >= 0.3 is 6.03 Å². The average molecular weight is 468 g/mol. The van der Waals surface area contributed by atoms with Crippen LogP contribution < -0.4 is 10.6 Å². The molecule has 3 aromatic rings. The van der Waals surface area contributed by atoms with Gasteiger partial charge in [-0.2, -0.15) is 5.10 Å². The zero-order valence-electron chi connectivity index (χ0n) is 19.5. The van der Waals surface area contributed by atoms with Crippen LogP contribution in [0, 0.1) is 5.82 Å². The Balaban J connectivity index is 1.81. The van der Waals surface area contributed by atoms with Crippen LogP contribution in [0.1, 0.15) is 19.8 Å². The summed E-state index contributed by atoms with van der Waals surface area (Å²) in [5.74, 6) is -0.342. The second-order valence-corrected chi connectivity index (χ2v) is 7.72. The van der Waals surface area contributed by atoms with Gasteiger partial charge in [-0.05, 0) is 30.7 Å². The number of unbranched alkanes of at least 4 members (excludes halogenated alkanes) is 1. The number of carbonyl (C=O) groups excluding carboxylic acids is 2. The number of carbonyl (C=O) groups is 2. The van der Waals surface area contributed by atoms with Gasteiger partial charge in [-0.3, -0.25) is 4.79 Å². The van der Waals surface area contributed by atoms with Gasteiger partial charge in [0.1, 0.15) is 18.2 Å². The van der Waals surface area contributed by atoms with E-state index >= 15 is 0 Å². The van der Waals surface area contributed by atoms with Crippen molar-refractivity contribution in [2.24, 2.45) is 0 Å². The van der Waals surface area contributed by atoms with Crippen LogP contribution in [0.3, 0.4) is 0 Å². The number of nitrogens with one attached hydrogen (secondary N) is 2. The lowest BCUT2D eigenvalue weighted by Gasteiger charge is -2.22. The van der Waals surface area contributed by atoms with E-state index < -0.39 is 0 Å². The van der Waals surface area contributed by atoms with E-state index in [0.717, 1.165) is 18.4 Å². The van der Waals surface area contributed by atoms with Gasteiger partial charge in [-0.15, -0.1) is 0 Å². The molecule has 0 spiro atoms. The number of rotatable bonds is 11. The lowest BCUT2D eigenvalue weighted by molar-refractivity contribution is -0.116. The third-order valence-corrected chi connectivity index (χ3v) is 5.11. The summed E-state index contributed by atoms with van der Waals surface area (Å²) in [6.45, 7) is 3.00. The van der Waals surface area contributed by atoms with Crippen molar-refractivity contribution in [3.8, 4) is 16.9 Å². The standard InChI is InChI=1S/C25H30FN5O3/c1-3-4-14-27-25(33)30(15-16-34-2)18-24(32)28-23-17-22(19-8-6-5-7-9-19)29-31(23)21-12-10-20(26)11-13-21/h5-13,17H,3-4,14-16,18H2,1-2H3,(H,27,33)(H,28,32). The first kappa shape index (κ1) is 24.9. The van der Waals surface area contributed by atoms with E-state index in [9.17, 15) is 14.0 Å². The van der Waals surface area contributed by atoms with Crippen molar-refractivity contribution in [1.29, 1.82) is 0 Å². The molecule has 180 valence electrons. The van der Waals surface area contributed by atoms with Crippen molar-refractivity contribution in [3.05, 3.63) is 66.5 Å². The van der Waals surface area contributed by atoms with Crippen molar-refractivity contribution < 1.29 is 18.7 Å². The first-order valence-corrected chi connectivity index (χ1v) is 11.2. The Morgan fingerprint density at radius 3 is 2.53 bits per heavy atom. The number of benzene rings is 2. The van der Waals surface area contributed by atoms with Gasteiger partial charge in [0.05, 0.1) is 18.0 Å². The molecule has 0 aliphatic rings. The zero-order chi connectivity index (χ0) is 24.3. The lowest BCUT2D eigenvalue weighted by Crippen LogP contribution is -2.45. The molecule has 0 saturated heterocycles. The minimum atomic E-state index is -0.385. The Kier molecular flexibility index (Phi) is 9.16. The fourth-order valence-corrected chi connectivity index (χ4v) is 3.29. The maximum absolute atomic E-state index is 13.5. The molecular formula is C25H30FN5O3. The molecule has 3 rings (SSSR count). The second kappa shape index (κ2) is 12.5. The van der Waals surface area contributed by atoms with E-state index in [2.05, 4.69) is 15.7 Å². The number of hydrogen-bond donors (Lipinski definition) is 2. The number of anilines is 1. The van der Waals surface area contributed by atoms with E-state index in [-0.39, 0.29) is 30.8 Å². The topological polar surface area (TPSA) is 88.5 Å². The van der Waals surface area contributed by atoms with Gasteiger partial charge in [0.15, 0.2) is 0 Å². The van der Waals surface area contributed by atoms with Gasteiger partial charge in [0.25, 0.3) is 0 Å². The van der Waals surface area contributed by atoms with Gasteiger partial charge in [-0.1, -0.05) is 43.7 Å². The highest BCUT2D eigenvalue weighted by Crippen LogP contribution is 2.25. The number of halogens is 1. The van der Waals surface area contributed by atoms with E-state index in [1.807, 2.05) is 37.3 Å². The Morgan fingerprint density at radius 1 is 1.12 bits per heavy atom. The Bertz CT molecular complexity index is 1070. The van der Waals surface area contributed by atoms with Crippen LogP contribution in [-0.4, -0.2) is 60.0 Å². The number of ether oxygens (including phenoxy) is 1. The summed E-state index contributed by atoms with van der Waals surface area (Å²) in [6.07, 6.45) is 1.81. The normalized spacial score (nSPS) is 10.7. The predicted octanol–water partition coefficient (Wildman–Crippen LogP) is 4.08. The molecule has 0 atom stereocenters. The summed E-state index contributed by atoms with van der Waals surface area (Å²) < 4.78 is 20.1. The zero-order valence-corrected chi connectivity index (χ0v) is 19.5. The van der Waals surface area contributed by atoms with Crippen LogP contribution in [0.25, 0.3) is 16.9 Å². The first-order chi connectivity index (χ1) is 16.5. The van der Waals surface area contributed by atoms with Gasteiger partial charge in [-0.25, -0.2) is 13.9 Å². The summed E-state index contributed by atoms with van der Waals surface area (Å²) in [6, 6.07) is 16.8. The molecule has 3 amide bonds. The van der Waals surface area contributed by atoms with Crippen LogP contribution >= 0.6 is 0 Å². The summed E-state index contributed by atoms with van der Waals surface area (Å²) in [5.41, 5.74) is 2.11. The quantitative estimate of drug-likeness (QED) is 0.416. The largest absolute Gasteiger partial charge is 0.383 e. The molecule has 0 saturated carbocycles. The maximum Gasteiger partial charge on any atom is 0.317 e. The van der Waals surface area contributed by atoms with Crippen LogP contribution in [-0.2, 0) is 9.53 Å².